The molecule has 0 radical (unpaired) electrons. The van der Waals surface area contributed by atoms with Gasteiger partial charge in [-0.1, -0.05) is 12.1 Å². The lowest BCUT2D eigenvalue weighted by Gasteiger charge is -1.98. The third kappa shape index (κ3) is 4.49. The summed E-state index contributed by atoms with van der Waals surface area (Å²) in [5, 5.41) is 2.65. The quantitative estimate of drug-likeness (QED) is 0.783. The first kappa shape index (κ1) is 12.1. The van der Waals surface area contributed by atoms with Gasteiger partial charge in [0.15, 0.2) is 0 Å². The van der Waals surface area contributed by atoms with Crippen LogP contribution in [0.1, 0.15) is 12.5 Å². The zero-order valence-corrected chi connectivity index (χ0v) is 9.49. The van der Waals surface area contributed by atoms with Crippen molar-refractivity contribution >= 4 is 12.0 Å². The molecule has 1 rings (SSSR count). The van der Waals surface area contributed by atoms with Crippen LogP contribution in [0.15, 0.2) is 36.1 Å². The molecule has 1 aromatic rings. The first-order valence-electron chi connectivity index (χ1n) is 5.02. The highest BCUT2D eigenvalue weighted by molar-refractivity contribution is 5.72. The van der Waals surface area contributed by atoms with E-state index >= 15 is 0 Å². The van der Waals surface area contributed by atoms with E-state index in [0.717, 1.165) is 11.3 Å². The predicted molar refractivity (Wildman–Crippen MR) is 64.2 cm³/mol. The van der Waals surface area contributed by atoms with Gasteiger partial charge in [-0.05, 0) is 29.8 Å². The van der Waals surface area contributed by atoms with Crippen LogP contribution in [0.4, 0.5) is 0 Å². The van der Waals surface area contributed by atoms with Gasteiger partial charge in [-0.2, -0.15) is 0 Å². The molecule has 1 aromatic carbocycles. The number of carbonyl (C=O) groups excluding carboxylic acids is 1. The molecular formula is C13H15NO2. The van der Waals surface area contributed by atoms with Crippen molar-refractivity contribution in [2.24, 2.45) is 0 Å². The minimum Gasteiger partial charge on any atom is -0.497 e. The second kappa shape index (κ2) is 6.49. The van der Waals surface area contributed by atoms with Gasteiger partial charge in [0.1, 0.15) is 5.75 Å². The van der Waals surface area contributed by atoms with Gasteiger partial charge in [-0.25, -0.2) is 0 Å². The molecule has 0 bridgehead atoms. The van der Waals surface area contributed by atoms with Gasteiger partial charge in [0.05, 0.1) is 7.11 Å². The lowest BCUT2D eigenvalue weighted by Crippen LogP contribution is -2.18. The average Bonchev–Trinajstić information content (AvgIpc) is 2.28. The van der Waals surface area contributed by atoms with Crippen LogP contribution in [-0.2, 0) is 4.79 Å². The standard InChI is InChI=1S/C13H15NO2/c1-11(15)14-9-4-3-6-12-7-5-8-13(10-12)16-2/h4-8,10H,9H2,1-2H3,(H,14,15). The van der Waals surface area contributed by atoms with Crippen LogP contribution in [0.25, 0.3) is 6.08 Å². The monoisotopic (exact) mass is 217 g/mol. The smallest absolute Gasteiger partial charge is 0.217 e. The molecule has 0 heterocycles. The largest absolute Gasteiger partial charge is 0.497 e. The fraction of sp³-hybridized carbons (Fsp3) is 0.231. The zero-order chi connectivity index (χ0) is 11.8. The van der Waals surface area contributed by atoms with Gasteiger partial charge in [0.2, 0.25) is 5.91 Å². The molecule has 0 aromatic heterocycles. The van der Waals surface area contributed by atoms with Crippen LogP contribution in [-0.4, -0.2) is 19.6 Å². The predicted octanol–water partition coefficient (Wildman–Crippen LogP) is 2.00. The van der Waals surface area contributed by atoms with Crippen molar-refractivity contribution in [2.75, 3.05) is 13.7 Å². The normalized spacial score (nSPS) is 8.88. The molecule has 0 aliphatic carbocycles. The van der Waals surface area contributed by atoms with Gasteiger partial charge in [0, 0.05) is 13.5 Å². The van der Waals surface area contributed by atoms with Gasteiger partial charge in [-0.3, -0.25) is 4.79 Å². The molecule has 0 atom stereocenters. The molecule has 0 saturated carbocycles. The van der Waals surface area contributed by atoms with Crippen LogP contribution in [0.3, 0.4) is 0 Å². The number of hydrogen-bond donors (Lipinski definition) is 1. The molecule has 0 fully saturated rings. The Morgan fingerprint density at radius 3 is 3.06 bits per heavy atom. The Labute approximate surface area is 95.4 Å². The minimum absolute atomic E-state index is 0.0422. The Morgan fingerprint density at radius 1 is 1.56 bits per heavy atom. The molecule has 84 valence electrons. The van der Waals surface area contributed by atoms with Gasteiger partial charge in [-0.15, -0.1) is 5.73 Å². The summed E-state index contributed by atoms with van der Waals surface area (Å²) in [4.78, 5) is 10.6. The molecule has 1 N–H and O–H groups in total. The van der Waals surface area contributed by atoms with E-state index in [1.807, 2.05) is 30.3 Å². The number of ether oxygens (including phenoxy) is 1. The summed E-state index contributed by atoms with van der Waals surface area (Å²) >= 11 is 0. The summed E-state index contributed by atoms with van der Waals surface area (Å²) in [6, 6.07) is 7.68. The van der Waals surface area contributed by atoms with Crippen molar-refractivity contribution in [1.29, 1.82) is 0 Å². The first-order valence-corrected chi connectivity index (χ1v) is 5.02. The average molecular weight is 217 g/mol. The Balaban J connectivity index is 2.57. The van der Waals surface area contributed by atoms with Crippen molar-refractivity contribution < 1.29 is 9.53 Å². The second-order valence-corrected chi connectivity index (χ2v) is 3.23. The SMILES string of the molecule is COc1cccc(C=C=CCNC(C)=O)c1. The molecule has 3 heteroatoms. The highest BCUT2D eigenvalue weighted by Crippen LogP contribution is 2.12. The van der Waals surface area contributed by atoms with E-state index < -0.39 is 0 Å². The van der Waals surface area contributed by atoms with E-state index in [-0.39, 0.29) is 5.91 Å². The van der Waals surface area contributed by atoms with E-state index in [1.165, 1.54) is 6.92 Å². The number of methoxy groups -OCH3 is 1. The Morgan fingerprint density at radius 2 is 2.38 bits per heavy atom. The molecule has 0 aliphatic rings. The zero-order valence-electron chi connectivity index (χ0n) is 9.49. The molecular weight excluding hydrogens is 202 g/mol. The fourth-order valence-corrected chi connectivity index (χ4v) is 1.14. The number of carbonyl (C=O) groups is 1. The van der Waals surface area contributed by atoms with Crippen molar-refractivity contribution in [3.63, 3.8) is 0 Å². The van der Waals surface area contributed by atoms with Crippen LogP contribution < -0.4 is 10.1 Å². The molecule has 0 aliphatic heterocycles. The molecule has 3 nitrogen and oxygen atoms in total. The van der Waals surface area contributed by atoms with Crippen LogP contribution in [0, 0.1) is 0 Å². The number of hydrogen-bond acceptors (Lipinski definition) is 2. The Kier molecular flexibility index (Phi) is 4.90. The highest BCUT2D eigenvalue weighted by Gasteiger charge is 1.90. The maximum Gasteiger partial charge on any atom is 0.217 e. The maximum absolute atomic E-state index is 10.6. The minimum atomic E-state index is -0.0422. The lowest BCUT2D eigenvalue weighted by molar-refractivity contribution is -0.118. The Hall–Kier alpha value is -1.99. The summed E-state index contributed by atoms with van der Waals surface area (Å²) in [7, 11) is 1.63. The summed E-state index contributed by atoms with van der Waals surface area (Å²) in [5.41, 5.74) is 4.00. The summed E-state index contributed by atoms with van der Waals surface area (Å²) in [6.45, 7) is 1.98. The molecule has 0 saturated heterocycles. The van der Waals surface area contributed by atoms with Crippen molar-refractivity contribution in [2.45, 2.75) is 6.92 Å². The van der Waals surface area contributed by atoms with E-state index in [4.69, 9.17) is 4.74 Å². The number of rotatable bonds is 4. The van der Waals surface area contributed by atoms with Crippen LogP contribution in [0.5, 0.6) is 5.75 Å². The third-order valence-electron chi connectivity index (χ3n) is 1.91. The number of nitrogens with one attached hydrogen (secondary N) is 1. The summed E-state index contributed by atoms with van der Waals surface area (Å²) in [6.07, 6.45) is 3.60. The van der Waals surface area contributed by atoms with Crippen LogP contribution >= 0.6 is 0 Å². The molecule has 0 unspecified atom stereocenters. The summed E-state index contributed by atoms with van der Waals surface area (Å²) in [5.74, 6) is 0.775. The molecule has 16 heavy (non-hydrogen) atoms. The third-order valence-corrected chi connectivity index (χ3v) is 1.91. The lowest BCUT2D eigenvalue weighted by atomic mass is 10.2. The van der Waals surface area contributed by atoms with E-state index in [2.05, 4.69) is 11.0 Å². The van der Waals surface area contributed by atoms with Crippen LogP contribution in [0.2, 0.25) is 0 Å². The van der Waals surface area contributed by atoms with E-state index in [0.29, 0.717) is 6.54 Å². The fourth-order valence-electron chi connectivity index (χ4n) is 1.14. The van der Waals surface area contributed by atoms with Crippen molar-refractivity contribution in [3.05, 3.63) is 41.6 Å². The van der Waals surface area contributed by atoms with Gasteiger partial charge in [0.25, 0.3) is 0 Å². The topological polar surface area (TPSA) is 38.3 Å². The number of amides is 1. The first-order chi connectivity index (χ1) is 7.72. The maximum atomic E-state index is 10.6. The summed E-state index contributed by atoms with van der Waals surface area (Å²) < 4.78 is 5.10. The molecule has 0 spiro atoms. The van der Waals surface area contributed by atoms with Crippen molar-refractivity contribution in [3.8, 4) is 5.75 Å². The van der Waals surface area contributed by atoms with E-state index in [1.54, 1.807) is 13.2 Å². The Bertz CT molecular complexity index is 418. The van der Waals surface area contributed by atoms with Crippen molar-refractivity contribution in [1.82, 2.24) is 5.32 Å². The highest BCUT2D eigenvalue weighted by atomic mass is 16.5. The van der Waals surface area contributed by atoms with E-state index in [9.17, 15) is 4.79 Å². The molecule has 1 amide bonds. The number of benzene rings is 1. The van der Waals surface area contributed by atoms with Gasteiger partial charge >= 0.3 is 0 Å². The van der Waals surface area contributed by atoms with Gasteiger partial charge < -0.3 is 10.1 Å². The second-order valence-electron chi connectivity index (χ2n) is 3.23.